The summed E-state index contributed by atoms with van der Waals surface area (Å²) in [7, 11) is 0. The molecule has 0 aliphatic heterocycles. The van der Waals surface area contributed by atoms with Crippen molar-refractivity contribution in [2.45, 2.75) is 26.1 Å². The van der Waals surface area contributed by atoms with Gasteiger partial charge in [0.25, 0.3) is 0 Å². The van der Waals surface area contributed by atoms with Gasteiger partial charge in [-0.05, 0) is 11.1 Å². The van der Waals surface area contributed by atoms with Crippen molar-refractivity contribution in [2.75, 3.05) is 0 Å². The third-order valence-corrected chi connectivity index (χ3v) is 3.16. The molecule has 1 heterocycles. The molecule has 22 heavy (non-hydrogen) atoms. The van der Waals surface area contributed by atoms with E-state index in [0.29, 0.717) is 6.54 Å². The number of nitro groups is 1. The van der Waals surface area contributed by atoms with Gasteiger partial charge in [0.1, 0.15) is 12.4 Å². The van der Waals surface area contributed by atoms with Crippen LogP contribution in [0, 0.1) is 10.1 Å². The van der Waals surface area contributed by atoms with Gasteiger partial charge in [-0.25, -0.2) is 0 Å². The summed E-state index contributed by atoms with van der Waals surface area (Å²) >= 11 is 0. The van der Waals surface area contributed by atoms with Gasteiger partial charge in [0, 0.05) is 19.5 Å². The number of carbonyl (C=O) groups is 1. The van der Waals surface area contributed by atoms with Crippen LogP contribution in [0.3, 0.4) is 0 Å². The molecule has 0 bridgehead atoms. The van der Waals surface area contributed by atoms with E-state index >= 15 is 0 Å². The monoisotopic (exact) mass is 304 g/mol. The Kier molecular flexibility index (Phi) is 5.21. The van der Waals surface area contributed by atoms with E-state index in [9.17, 15) is 20.0 Å². The van der Waals surface area contributed by atoms with Crippen molar-refractivity contribution in [3.8, 4) is 0 Å². The fourth-order valence-corrected chi connectivity index (χ4v) is 1.95. The molecule has 0 radical (unpaired) electrons. The number of hydrogen-bond donors (Lipinski definition) is 2. The maximum absolute atomic E-state index is 11.8. The summed E-state index contributed by atoms with van der Waals surface area (Å²) in [4.78, 5) is 21.8. The summed E-state index contributed by atoms with van der Waals surface area (Å²) < 4.78 is 1.36. The average molecular weight is 304 g/mol. The summed E-state index contributed by atoms with van der Waals surface area (Å²) in [5.41, 5.74) is 1.52. The Hall–Kier alpha value is -2.74. The first-order valence-electron chi connectivity index (χ1n) is 6.71. The quantitative estimate of drug-likeness (QED) is 0.585. The molecule has 0 aliphatic carbocycles. The normalized spacial score (nSPS) is 10.4. The van der Waals surface area contributed by atoms with Gasteiger partial charge in [-0.1, -0.05) is 24.3 Å². The van der Waals surface area contributed by atoms with Crippen molar-refractivity contribution in [3.05, 3.63) is 57.9 Å². The molecule has 2 N–H and O–H groups in total. The first-order chi connectivity index (χ1) is 10.6. The highest BCUT2D eigenvalue weighted by atomic mass is 16.6. The van der Waals surface area contributed by atoms with Crippen LogP contribution in [0.1, 0.15) is 17.5 Å². The van der Waals surface area contributed by atoms with E-state index in [4.69, 9.17) is 0 Å². The summed E-state index contributed by atoms with van der Waals surface area (Å²) in [6.07, 6.45) is 2.60. The summed E-state index contributed by atoms with van der Waals surface area (Å²) in [6.45, 7) is 0.513. The van der Waals surface area contributed by atoms with Gasteiger partial charge < -0.3 is 10.4 Å². The summed E-state index contributed by atoms with van der Waals surface area (Å²) in [5, 5.41) is 26.3. The zero-order valence-corrected chi connectivity index (χ0v) is 11.8. The Balaban J connectivity index is 1.81. The molecule has 0 atom stereocenters. The second-order valence-electron chi connectivity index (χ2n) is 4.67. The first kappa shape index (κ1) is 15.6. The number of aromatic nitrogens is 2. The number of aliphatic hydroxyl groups is 1. The van der Waals surface area contributed by atoms with E-state index in [1.807, 2.05) is 18.2 Å². The molecule has 116 valence electrons. The molecule has 2 rings (SSSR count). The Labute approximate surface area is 126 Å². The molecule has 0 aliphatic rings. The highest BCUT2D eigenvalue weighted by Crippen LogP contribution is 2.09. The maximum atomic E-state index is 11.8. The van der Waals surface area contributed by atoms with Crippen molar-refractivity contribution in [2.24, 2.45) is 0 Å². The fourth-order valence-electron chi connectivity index (χ4n) is 1.95. The maximum Gasteiger partial charge on any atom is 0.306 e. The van der Waals surface area contributed by atoms with Crippen molar-refractivity contribution >= 4 is 11.6 Å². The van der Waals surface area contributed by atoms with E-state index < -0.39 is 4.92 Å². The minimum Gasteiger partial charge on any atom is -0.392 e. The van der Waals surface area contributed by atoms with Crippen LogP contribution in [0.4, 0.5) is 5.69 Å². The number of amides is 1. The van der Waals surface area contributed by atoms with E-state index in [1.54, 1.807) is 6.07 Å². The third kappa shape index (κ3) is 4.13. The van der Waals surface area contributed by atoms with Crippen LogP contribution in [0.5, 0.6) is 0 Å². The number of rotatable bonds is 7. The molecule has 0 saturated carbocycles. The smallest absolute Gasteiger partial charge is 0.306 e. The lowest BCUT2D eigenvalue weighted by Crippen LogP contribution is -2.24. The Morgan fingerprint density at radius 3 is 2.73 bits per heavy atom. The number of benzene rings is 1. The lowest BCUT2D eigenvalue weighted by Gasteiger charge is -2.09. The molecule has 1 amide bonds. The van der Waals surface area contributed by atoms with Crippen LogP contribution in [-0.2, 0) is 24.5 Å². The second kappa shape index (κ2) is 7.32. The predicted octanol–water partition coefficient (Wildman–Crippen LogP) is 0.990. The first-order valence-corrected chi connectivity index (χ1v) is 6.71. The lowest BCUT2D eigenvalue weighted by atomic mass is 10.1. The molecule has 1 aromatic heterocycles. The van der Waals surface area contributed by atoms with Gasteiger partial charge in [-0.15, -0.1) is 0 Å². The fraction of sp³-hybridized carbons (Fsp3) is 0.286. The molecule has 0 spiro atoms. The number of nitrogens with one attached hydrogen (secondary N) is 1. The number of aliphatic hydroxyl groups excluding tert-OH is 1. The predicted molar refractivity (Wildman–Crippen MR) is 77.7 cm³/mol. The van der Waals surface area contributed by atoms with Crippen LogP contribution in [0.2, 0.25) is 0 Å². The SMILES string of the molecule is O=C(CCn1cc([N+](=O)[O-])cn1)NCc1ccccc1CO. The van der Waals surface area contributed by atoms with Crippen molar-refractivity contribution < 1.29 is 14.8 Å². The van der Waals surface area contributed by atoms with Crippen molar-refractivity contribution in [1.29, 1.82) is 0 Å². The van der Waals surface area contributed by atoms with E-state index in [-0.39, 0.29) is 31.2 Å². The number of aryl methyl sites for hydroxylation is 1. The van der Waals surface area contributed by atoms with E-state index in [1.165, 1.54) is 10.9 Å². The van der Waals surface area contributed by atoms with Gasteiger partial charge in [0.2, 0.25) is 5.91 Å². The number of carbonyl (C=O) groups excluding carboxylic acids is 1. The molecular weight excluding hydrogens is 288 g/mol. The minimum absolute atomic E-state index is 0.0804. The van der Waals surface area contributed by atoms with Crippen LogP contribution >= 0.6 is 0 Å². The number of nitrogens with zero attached hydrogens (tertiary/aromatic N) is 3. The average Bonchev–Trinajstić information content (AvgIpc) is 3.00. The highest BCUT2D eigenvalue weighted by molar-refractivity contribution is 5.75. The van der Waals surface area contributed by atoms with Gasteiger partial charge in [-0.2, -0.15) is 5.10 Å². The van der Waals surface area contributed by atoms with Crippen LogP contribution < -0.4 is 5.32 Å². The summed E-state index contributed by atoms with van der Waals surface area (Å²) in [5.74, 6) is -0.189. The van der Waals surface area contributed by atoms with Gasteiger partial charge in [-0.3, -0.25) is 19.6 Å². The van der Waals surface area contributed by atoms with E-state index in [0.717, 1.165) is 17.3 Å². The molecule has 8 nitrogen and oxygen atoms in total. The Morgan fingerprint density at radius 1 is 1.36 bits per heavy atom. The lowest BCUT2D eigenvalue weighted by molar-refractivity contribution is -0.385. The molecule has 8 heteroatoms. The van der Waals surface area contributed by atoms with Gasteiger partial charge in [0.15, 0.2) is 0 Å². The zero-order chi connectivity index (χ0) is 15.9. The second-order valence-corrected chi connectivity index (χ2v) is 4.67. The standard InChI is InChI=1S/C14H16N4O4/c19-10-12-4-2-1-3-11(12)7-15-14(20)5-6-17-9-13(8-16-17)18(21)22/h1-4,8-9,19H,5-7,10H2,(H,15,20). The molecule has 0 saturated heterocycles. The minimum atomic E-state index is -0.532. The molecular formula is C14H16N4O4. The third-order valence-electron chi connectivity index (χ3n) is 3.16. The largest absolute Gasteiger partial charge is 0.392 e. The Bertz CT molecular complexity index is 668. The Morgan fingerprint density at radius 2 is 2.09 bits per heavy atom. The molecule has 2 aromatic rings. The van der Waals surface area contributed by atoms with Crippen molar-refractivity contribution in [1.82, 2.24) is 15.1 Å². The molecule has 0 unspecified atom stereocenters. The van der Waals surface area contributed by atoms with Gasteiger partial charge in [0.05, 0.1) is 11.5 Å². The van der Waals surface area contributed by atoms with Crippen LogP contribution in [0.15, 0.2) is 36.7 Å². The molecule has 0 fully saturated rings. The highest BCUT2D eigenvalue weighted by Gasteiger charge is 2.10. The van der Waals surface area contributed by atoms with Gasteiger partial charge >= 0.3 is 5.69 Å². The summed E-state index contributed by atoms with van der Waals surface area (Å²) in [6, 6.07) is 7.29. The van der Waals surface area contributed by atoms with Crippen LogP contribution in [0.25, 0.3) is 0 Å². The number of hydrogen-bond acceptors (Lipinski definition) is 5. The van der Waals surface area contributed by atoms with Crippen LogP contribution in [-0.4, -0.2) is 25.7 Å². The van der Waals surface area contributed by atoms with Crippen molar-refractivity contribution in [3.63, 3.8) is 0 Å². The molecule has 1 aromatic carbocycles. The topological polar surface area (TPSA) is 110 Å². The zero-order valence-electron chi connectivity index (χ0n) is 11.8. The van der Waals surface area contributed by atoms with E-state index in [2.05, 4.69) is 10.4 Å².